The second-order valence-electron chi connectivity index (χ2n) is 7.28. The summed E-state index contributed by atoms with van der Waals surface area (Å²) in [6.07, 6.45) is 30.2. The van der Waals surface area contributed by atoms with Crippen molar-refractivity contribution in [1.29, 1.82) is 0 Å². The summed E-state index contributed by atoms with van der Waals surface area (Å²) in [6, 6.07) is 0. The van der Waals surface area contributed by atoms with E-state index < -0.39 is 0 Å². The predicted molar refractivity (Wildman–Crippen MR) is 110 cm³/mol. The van der Waals surface area contributed by atoms with E-state index in [-0.39, 0.29) is 22.7 Å². The minimum absolute atomic E-state index is 0.0201. The third-order valence-corrected chi connectivity index (χ3v) is 5.00. The van der Waals surface area contributed by atoms with Crippen LogP contribution in [0.2, 0.25) is 0 Å². The highest BCUT2D eigenvalue weighted by Gasteiger charge is 2.26. The van der Waals surface area contributed by atoms with Gasteiger partial charge in [-0.3, -0.25) is 4.79 Å². The minimum Gasteiger partial charge on any atom is -0.466 e. The maximum Gasteiger partial charge on any atom is 0.309 e. The molecule has 1 atom stereocenters. The molecule has 0 N–H and O–H groups in total. The summed E-state index contributed by atoms with van der Waals surface area (Å²) in [5.41, 5.74) is -0.0527. The fraction of sp³-hybridized carbons (Fsp3) is 0.458. The first-order chi connectivity index (χ1) is 12.5. The zero-order chi connectivity index (χ0) is 18.9. The smallest absolute Gasteiger partial charge is 0.309 e. The molecule has 2 heteroatoms. The molecule has 0 aromatic carbocycles. The van der Waals surface area contributed by atoms with Gasteiger partial charge in [0.25, 0.3) is 0 Å². The van der Waals surface area contributed by atoms with E-state index in [0.717, 1.165) is 25.7 Å². The number of carbonyl (C=O) groups excluding carboxylic acids is 1. The maximum absolute atomic E-state index is 11.8. The van der Waals surface area contributed by atoms with Crippen LogP contribution in [0.3, 0.4) is 0 Å². The Balaban J connectivity index is 1.81. The molecular weight excluding hydrogens is 320 g/mol. The molecule has 2 aliphatic carbocycles. The number of hydrogen-bond acceptors (Lipinski definition) is 2. The summed E-state index contributed by atoms with van der Waals surface area (Å²) in [5, 5.41) is 0. The minimum atomic E-state index is -0.0834. The van der Waals surface area contributed by atoms with E-state index in [2.05, 4.69) is 79.8 Å². The van der Waals surface area contributed by atoms with Gasteiger partial charge in [-0.25, -0.2) is 0 Å². The van der Waals surface area contributed by atoms with Gasteiger partial charge in [-0.2, -0.15) is 0 Å². The Bertz CT molecular complexity index is 615. The highest BCUT2D eigenvalue weighted by molar-refractivity contribution is 5.72. The standard InChI is InChI=1S/C24H32O2/c1-4-21(22(25)26-5-2)13-9-6-7-10-14-23(3)17-19-24(20-18-23)15-11-8-12-16-24/h6,9-12,14-21H,4-5,7-8,13H2,1-3H3/b9-6+,14-10-. The Kier molecular flexibility index (Phi) is 7.44. The number of carbonyl (C=O) groups is 1. The number of esters is 1. The van der Waals surface area contributed by atoms with E-state index in [1.165, 1.54) is 0 Å². The molecular formula is C24H32O2. The van der Waals surface area contributed by atoms with Crippen molar-refractivity contribution < 1.29 is 9.53 Å². The summed E-state index contributed by atoms with van der Waals surface area (Å²) in [4.78, 5) is 11.8. The molecule has 0 amide bonds. The summed E-state index contributed by atoms with van der Waals surface area (Å²) in [7, 11) is 0. The molecule has 0 heterocycles. The first kappa shape index (κ1) is 20.2. The maximum atomic E-state index is 11.8. The molecule has 0 saturated carbocycles. The summed E-state index contributed by atoms with van der Waals surface area (Å²) >= 11 is 0. The van der Waals surface area contributed by atoms with Crippen LogP contribution in [0.15, 0.2) is 72.9 Å². The SMILES string of the molecule is CCOC(=O)C(CC)C/C=C/C/C=C\C1(C)C=CC2(C=CCC=C2)C=C1. The van der Waals surface area contributed by atoms with Gasteiger partial charge in [-0.05, 0) is 39.5 Å². The zero-order valence-corrected chi connectivity index (χ0v) is 16.4. The number of allylic oxidation sites excluding steroid dienone is 12. The van der Waals surface area contributed by atoms with Crippen LogP contribution in [-0.4, -0.2) is 12.6 Å². The molecule has 0 aliphatic heterocycles. The van der Waals surface area contributed by atoms with Gasteiger partial charge < -0.3 is 4.74 Å². The molecule has 2 aliphatic rings. The van der Waals surface area contributed by atoms with Gasteiger partial charge in [0.15, 0.2) is 0 Å². The van der Waals surface area contributed by atoms with Crippen molar-refractivity contribution >= 4 is 5.97 Å². The lowest BCUT2D eigenvalue weighted by Crippen LogP contribution is -2.18. The lowest BCUT2D eigenvalue weighted by atomic mass is 9.74. The number of hydrogen-bond donors (Lipinski definition) is 0. The van der Waals surface area contributed by atoms with Gasteiger partial charge in [0, 0.05) is 10.8 Å². The molecule has 0 radical (unpaired) electrons. The average Bonchev–Trinajstić information content (AvgIpc) is 2.65. The highest BCUT2D eigenvalue weighted by atomic mass is 16.5. The van der Waals surface area contributed by atoms with Crippen LogP contribution in [-0.2, 0) is 9.53 Å². The zero-order valence-electron chi connectivity index (χ0n) is 16.4. The van der Waals surface area contributed by atoms with Crippen molar-refractivity contribution in [1.82, 2.24) is 0 Å². The fourth-order valence-electron chi connectivity index (χ4n) is 3.22. The summed E-state index contributed by atoms with van der Waals surface area (Å²) < 4.78 is 5.10. The van der Waals surface area contributed by atoms with Crippen LogP contribution in [0.4, 0.5) is 0 Å². The monoisotopic (exact) mass is 352 g/mol. The second-order valence-corrected chi connectivity index (χ2v) is 7.28. The van der Waals surface area contributed by atoms with Crippen LogP contribution < -0.4 is 0 Å². The van der Waals surface area contributed by atoms with E-state index in [9.17, 15) is 4.79 Å². The lowest BCUT2D eigenvalue weighted by Gasteiger charge is -2.30. The van der Waals surface area contributed by atoms with Crippen LogP contribution in [0.25, 0.3) is 0 Å². The van der Waals surface area contributed by atoms with Crippen molar-refractivity contribution in [3.63, 3.8) is 0 Å². The first-order valence-corrected chi connectivity index (χ1v) is 9.78. The van der Waals surface area contributed by atoms with E-state index in [4.69, 9.17) is 4.74 Å². The van der Waals surface area contributed by atoms with Crippen LogP contribution >= 0.6 is 0 Å². The molecule has 1 spiro atoms. The molecule has 2 rings (SSSR count). The summed E-state index contributed by atoms with van der Waals surface area (Å²) in [6.45, 7) is 6.55. The van der Waals surface area contributed by atoms with Crippen molar-refractivity contribution in [3.05, 3.63) is 72.9 Å². The predicted octanol–water partition coefficient (Wildman–Crippen LogP) is 6.10. The third kappa shape index (κ3) is 5.72. The first-order valence-electron chi connectivity index (χ1n) is 9.78. The molecule has 2 nitrogen and oxygen atoms in total. The summed E-state index contributed by atoms with van der Waals surface area (Å²) in [5.74, 6) is -0.107. The molecule has 140 valence electrons. The third-order valence-electron chi connectivity index (χ3n) is 5.00. The Morgan fingerprint density at radius 1 is 1.04 bits per heavy atom. The highest BCUT2D eigenvalue weighted by Crippen LogP contribution is 2.38. The van der Waals surface area contributed by atoms with Gasteiger partial charge in [-0.15, -0.1) is 0 Å². The molecule has 0 bridgehead atoms. The van der Waals surface area contributed by atoms with Crippen LogP contribution in [0.1, 0.15) is 46.5 Å². The Labute approximate surface area is 158 Å². The molecule has 26 heavy (non-hydrogen) atoms. The normalized spacial score (nSPS) is 21.0. The molecule has 0 fully saturated rings. The van der Waals surface area contributed by atoms with Gasteiger partial charge >= 0.3 is 5.97 Å². The van der Waals surface area contributed by atoms with Crippen molar-refractivity contribution in [2.24, 2.45) is 16.7 Å². The Morgan fingerprint density at radius 3 is 2.35 bits per heavy atom. The van der Waals surface area contributed by atoms with E-state index in [1.54, 1.807) is 0 Å². The molecule has 0 aromatic rings. The number of rotatable bonds is 8. The van der Waals surface area contributed by atoms with Crippen molar-refractivity contribution in [2.45, 2.75) is 46.5 Å². The fourth-order valence-corrected chi connectivity index (χ4v) is 3.22. The Hall–Kier alpha value is -2.09. The molecule has 0 saturated heterocycles. The van der Waals surface area contributed by atoms with Crippen LogP contribution in [0.5, 0.6) is 0 Å². The topological polar surface area (TPSA) is 26.3 Å². The van der Waals surface area contributed by atoms with Gasteiger partial charge in [0.1, 0.15) is 0 Å². The molecule has 0 aromatic heterocycles. The van der Waals surface area contributed by atoms with E-state index in [1.807, 2.05) is 13.8 Å². The van der Waals surface area contributed by atoms with Gasteiger partial charge in [-0.1, -0.05) is 79.8 Å². The van der Waals surface area contributed by atoms with Crippen molar-refractivity contribution in [2.75, 3.05) is 6.61 Å². The average molecular weight is 353 g/mol. The van der Waals surface area contributed by atoms with Crippen molar-refractivity contribution in [3.8, 4) is 0 Å². The number of ether oxygens (including phenoxy) is 1. The second kappa shape index (κ2) is 9.56. The quantitative estimate of drug-likeness (QED) is 0.389. The Morgan fingerprint density at radius 2 is 1.73 bits per heavy atom. The van der Waals surface area contributed by atoms with Crippen LogP contribution in [0, 0.1) is 16.7 Å². The van der Waals surface area contributed by atoms with E-state index >= 15 is 0 Å². The molecule has 1 unspecified atom stereocenters. The largest absolute Gasteiger partial charge is 0.466 e. The van der Waals surface area contributed by atoms with Gasteiger partial charge in [0.05, 0.1) is 12.5 Å². The lowest BCUT2D eigenvalue weighted by molar-refractivity contribution is -0.148. The van der Waals surface area contributed by atoms with Gasteiger partial charge in [0.2, 0.25) is 0 Å². The van der Waals surface area contributed by atoms with E-state index in [0.29, 0.717) is 6.61 Å².